The summed E-state index contributed by atoms with van der Waals surface area (Å²) in [6.45, 7) is 2.18. The van der Waals surface area contributed by atoms with Gasteiger partial charge in [-0.25, -0.2) is 0 Å². The van der Waals surface area contributed by atoms with Crippen LogP contribution in [0.2, 0.25) is 0 Å². The van der Waals surface area contributed by atoms with Crippen LogP contribution in [0.25, 0.3) is 0 Å². The standard InChI is InChI=1S/C9H15N3O3/c1-7(5-10)9(14)12-6-8(13)11-3-4-15-2/h7H,3-4,6H2,1-2H3,(H,11,13)(H,12,14). The predicted octanol–water partition coefficient (Wildman–Crippen LogP) is -0.975. The zero-order valence-corrected chi connectivity index (χ0v) is 8.87. The lowest BCUT2D eigenvalue weighted by Crippen LogP contribution is -2.39. The summed E-state index contributed by atoms with van der Waals surface area (Å²) in [5, 5.41) is 13.3. The van der Waals surface area contributed by atoms with Crippen LogP contribution in [0.5, 0.6) is 0 Å². The van der Waals surface area contributed by atoms with Crippen LogP contribution in [0.3, 0.4) is 0 Å². The summed E-state index contributed by atoms with van der Waals surface area (Å²) in [7, 11) is 1.53. The van der Waals surface area contributed by atoms with Gasteiger partial charge in [-0.05, 0) is 6.92 Å². The van der Waals surface area contributed by atoms with Crippen molar-refractivity contribution in [2.75, 3.05) is 26.8 Å². The minimum atomic E-state index is -0.739. The smallest absolute Gasteiger partial charge is 0.239 e. The molecule has 2 amide bonds. The van der Waals surface area contributed by atoms with Crippen LogP contribution in [-0.2, 0) is 14.3 Å². The van der Waals surface area contributed by atoms with Crippen molar-refractivity contribution in [2.45, 2.75) is 6.92 Å². The number of rotatable bonds is 6. The Morgan fingerprint density at radius 3 is 2.67 bits per heavy atom. The Balaban J connectivity index is 3.63. The molecule has 0 aromatic heterocycles. The van der Waals surface area contributed by atoms with Crippen molar-refractivity contribution in [1.82, 2.24) is 10.6 Å². The number of carbonyl (C=O) groups is 2. The van der Waals surface area contributed by atoms with E-state index in [4.69, 9.17) is 10.00 Å². The highest BCUT2D eigenvalue weighted by Crippen LogP contribution is 1.89. The molecule has 0 radical (unpaired) electrons. The van der Waals surface area contributed by atoms with Crippen molar-refractivity contribution >= 4 is 11.8 Å². The predicted molar refractivity (Wildman–Crippen MR) is 52.7 cm³/mol. The highest BCUT2D eigenvalue weighted by Gasteiger charge is 2.11. The molecule has 2 N–H and O–H groups in total. The van der Waals surface area contributed by atoms with Crippen molar-refractivity contribution in [1.29, 1.82) is 5.26 Å². The molecule has 0 aromatic carbocycles. The number of carbonyl (C=O) groups excluding carboxylic acids is 2. The van der Waals surface area contributed by atoms with Gasteiger partial charge in [-0.1, -0.05) is 0 Å². The lowest BCUT2D eigenvalue weighted by molar-refractivity contribution is -0.127. The molecule has 0 fully saturated rings. The van der Waals surface area contributed by atoms with Crippen molar-refractivity contribution in [3.63, 3.8) is 0 Å². The van der Waals surface area contributed by atoms with Crippen LogP contribution >= 0.6 is 0 Å². The number of nitriles is 1. The van der Waals surface area contributed by atoms with Gasteiger partial charge in [0, 0.05) is 13.7 Å². The topological polar surface area (TPSA) is 91.2 Å². The fourth-order valence-corrected chi connectivity index (χ4v) is 0.734. The second kappa shape index (κ2) is 7.76. The molecule has 0 spiro atoms. The van der Waals surface area contributed by atoms with Gasteiger partial charge in [-0.3, -0.25) is 9.59 Å². The fourth-order valence-electron chi connectivity index (χ4n) is 0.734. The van der Waals surface area contributed by atoms with Crippen molar-refractivity contribution in [2.24, 2.45) is 5.92 Å². The highest BCUT2D eigenvalue weighted by atomic mass is 16.5. The number of nitrogens with one attached hydrogen (secondary N) is 2. The average molecular weight is 213 g/mol. The summed E-state index contributed by atoms with van der Waals surface area (Å²) in [6.07, 6.45) is 0. The average Bonchev–Trinajstić information content (AvgIpc) is 2.25. The molecular weight excluding hydrogens is 198 g/mol. The number of ether oxygens (including phenoxy) is 1. The number of amides is 2. The maximum absolute atomic E-state index is 11.1. The molecule has 15 heavy (non-hydrogen) atoms. The molecule has 1 atom stereocenters. The lowest BCUT2D eigenvalue weighted by Gasteiger charge is -2.06. The minimum absolute atomic E-state index is 0.117. The van der Waals surface area contributed by atoms with Gasteiger partial charge in [0.2, 0.25) is 11.8 Å². The van der Waals surface area contributed by atoms with Gasteiger partial charge in [0.25, 0.3) is 0 Å². The van der Waals surface area contributed by atoms with Crippen molar-refractivity contribution in [3.8, 4) is 6.07 Å². The van der Waals surface area contributed by atoms with Crippen LogP contribution in [-0.4, -0.2) is 38.6 Å². The molecule has 0 aliphatic rings. The van der Waals surface area contributed by atoms with Crippen molar-refractivity contribution < 1.29 is 14.3 Å². The summed E-state index contributed by atoms with van der Waals surface area (Å²) < 4.78 is 4.73. The van der Waals surface area contributed by atoms with E-state index in [1.807, 2.05) is 0 Å². The van der Waals surface area contributed by atoms with Gasteiger partial charge in [0.1, 0.15) is 5.92 Å². The number of hydrogen-bond acceptors (Lipinski definition) is 4. The number of hydrogen-bond donors (Lipinski definition) is 2. The largest absolute Gasteiger partial charge is 0.383 e. The third-order valence-corrected chi connectivity index (χ3v) is 1.64. The Morgan fingerprint density at radius 1 is 1.47 bits per heavy atom. The Kier molecular flexibility index (Phi) is 6.93. The molecule has 0 bridgehead atoms. The van der Waals surface area contributed by atoms with E-state index < -0.39 is 11.8 Å². The van der Waals surface area contributed by atoms with Gasteiger partial charge in [0.15, 0.2) is 0 Å². The fraction of sp³-hybridized carbons (Fsp3) is 0.667. The maximum atomic E-state index is 11.1. The Morgan fingerprint density at radius 2 is 2.13 bits per heavy atom. The first kappa shape index (κ1) is 13.4. The van der Waals surface area contributed by atoms with Crippen LogP contribution in [0.1, 0.15) is 6.92 Å². The molecule has 0 aromatic rings. The molecule has 0 saturated carbocycles. The molecule has 0 heterocycles. The summed E-state index contributed by atoms with van der Waals surface area (Å²) in [5.74, 6) is -1.48. The Bertz CT molecular complexity index is 260. The molecule has 6 heteroatoms. The van der Waals surface area contributed by atoms with Crippen LogP contribution in [0.15, 0.2) is 0 Å². The third-order valence-electron chi connectivity index (χ3n) is 1.64. The van der Waals surface area contributed by atoms with Crippen LogP contribution in [0.4, 0.5) is 0 Å². The molecule has 84 valence electrons. The van der Waals surface area contributed by atoms with Crippen molar-refractivity contribution in [3.05, 3.63) is 0 Å². The van der Waals surface area contributed by atoms with Gasteiger partial charge in [-0.2, -0.15) is 5.26 Å². The molecule has 0 aliphatic carbocycles. The molecule has 1 unspecified atom stereocenters. The van der Waals surface area contributed by atoms with Crippen LogP contribution < -0.4 is 10.6 Å². The number of nitrogens with zero attached hydrogens (tertiary/aromatic N) is 1. The summed E-state index contributed by atoms with van der Waals surface area (Å²) >= 11 is 0. The molecular formula is C9H15N3O3. The van der Waals surface area contributed by atoms with Gasteiger partial charge in [-0.15, -0.1) is 0 Å². The van der Waals surface area contributed by atoms with E-state index in [2.05, 4.69) is 10.6 Å². The first-order chi connectivity index (χ1) is 7.11. The lowest BCUT2D eigenvalue weighted by atomic mass is 10.2. The van der Waals surface area contributed by atoms with Crippen LogP contribution in [0, 0.1) is 17.2 Å². The molecule has 0 rings (SSSR count). The SMILES string of the molecule is COCCNC(=O)CNC(=O)C(C)C#N. The van der Waals surface area contributed by atoms with E-state index in [-0.39, 0.29) is 12.5 Å². The Hall–Kier alpha value is -1.61. The summed E-state index contributed by atoms with van der Waals surface area (Å²) in [4.78, 5) is 22.1. The highest BCUT2D eigenvalue weighted by molar-refractivity contribution is 5.86. The zero-order valence-electron chi connectivity index (χ0n) is 8.87. The van der Waals surface area contributed by atoms with E-state index >= 15 is 0 Å². The summed E-state index contributed by atoms with van der Waals surface area (Å²) in [5.41, 5.74) is 0. The van der Waals surface area contributed by atoms with E-state index in [9.17, 15) is 9.59 Å². The third kappa shape index (κ3) is 6.46. The quantitative estimate of drug-likeness (QED) is 0.555. The number of methoxy groups -OCH3 is 1. The van der Waals surface area contributed by atoms with Gasteiger partial charge in [0.05, 0.1) is 19.2 Å². The second-order valence-corrected chi connectivity index (χ2v) is 2.91. The molecule has 6 nitrogen and oxygen atoms in total. The van der Waals surface area contributed by atoms with Gasteiger partial charge < -0.3 is 15.4 Å². The van der Waals surface area contributed by atoms with E-state index in [0.717, 1.165) is 0 Å². The first-order valence-corrected chi connectivity index (χ1v) is 4.54. The first-order valence-electron chi connectivity index (χ1n) is 4.54. The van der Waals surface area contributed by atoms with E-state index in [0.29, 0.717) is 13.2 Å². The van der Waals surface area contributed by atoms with Gasteiger partial charge >= 0.3 is 0 Å². The monoisotopic (exact) mass is 213 g/mol. The normalized spacial score (nSPS) is 11.3. The second-order valence-electron chi connectivity index (χ2n) is 2.91. The van der Waals surface area contributed by atoms with E-state index in [1.165, 1.54) is 14.0 Å². The molecule has 0 saturated heterocycles. The summed E-state index contributed by atoms with van der Waals surface area (Å²) in [6, 6.07) is 1.78. The zero-order chi connectivity index (χ0) is 11.7. The maximum Gasteiger partial charge on any atom is 0.239 e. The Labute approximate surface area is 88.6 Å². The molecule has 0 aliphatic heterocycles. The van der Waals surface area contributed by atoms with E-state index in [1.54, 1.807) is 6.07 Å². The minimum Gasteiger partial charge on any atom is -0.383 e.